The molecule has 0 saturated heterocycles. The number of hydrogen-bond acceptors (Lipinski definition) is 6. The number of alkyl halides is 3. The summed E-state index contributed by atoms with van der Waals surface area (Å²) in [7, 11) is 1.53. The molecule has 1 spiro atoms. The zero-order chi connectivity index (χ0) is 26.8. The van der Waals surface area contributed by atoms with E-state index >= 15 is 0 Å². The number of aromatic hydroxyl groups is 1. The molecule has 0 atom stereocenters. The third kappa shape index (κ3) is 3.65. The Hall–Kier alpha value is -3.66. The summed E-state index contributed by atoms with van der Waals surface area (Å²) in [6, 6.07) is 11.8. The van der Waals surface area contributed by atoms with Gasteiger partial charge in [-0.05, 0) is 60.9 Å². The summed E-state index contributed by atoms with van der Waals surface area (Å²) in [4.78, 5) is 27.3. The molecule has 0 amide bonds. The Morgan fingerprint density at radius 1 is 1.03 bits per heavy atom. The second kappa shape index (κ2) is 8.69. The van der Waals surface area contributed by atoms with Crippen molar-refractivity contribution in [1.82, 2.24) is 4.57 Å². The first-order valence-corrected chi connectivity index (χ1v) is 13.0. The maximum absolute atomic E-state index is 13.9. The smallest absolute Gasteiger partial charge is 0.416 e. The molecule has 1 aliphatic heterocycles. The van der Waals surface area contributed by atoms with Crippen LogP contribution in [0.5, 0.6) is 11.5 Å². The van der Waals surface area contributed by atoms with E-state index in [9.17, 15) is 27.9 Å². The number of ether oxygens (including phenoxy) is 1. The third-order valence-corrected chi connectivity index (χ3v) is 8.64. The van der Waals surface area contributed by atoms with Crippen LogP contribution in [0.3, 0.4) is 0 Å². The van der Waals surface area contributed by atoms with Crippen molar-refractivity contribution < 1.29 is 27.4 Å². The van der Waals surface area contributed by atoms with Crippen LogP contribution in [0.1, 0.15) is 48.9 Å². The van der Waals surface area contributed by atoms with E-state index in [1.807, 2.05) is 0 Å². The van der Waals surface area contributed by atoms with E-state index in [2.05, 4.69) is 0 Å². The van der Waals surface area contributed by atoms with E-state index in [1.165, 1.54) is 23.8 Å². The van der Waals surface area contributed by atoms with Gasteiger partial charge in [0.1, 0.15) is 21.6 Å². The average Bonchev–Trinajstić information content (AvgIpc) is 3.15. The van der Waals surface area contributed by atoms with Crippen LogP contribution in [-0.2, 0) is 11.6 Å². The zero-order valence-corrected chi connectivity index (χ0v) is 21.0. The maximum Gasteiger partial charge on any atom is 0.416 e. The van der Waals surface area contributed by atoms with Gasteiger partial charge in [0.05, 0.1) is 18.4 Å². The molecule has 0 unspecified atom stereocenters. The van der Waals surface area contributed by atoms with Gasteiger partial charge in [0, 0.05) is 22.1 Å². The summed E-state index contributed by atoms with van der Waals surface area (Å²) in [6.45, 7) is 0. The van der Waals surface area contributed by atoms with E-state index in [4.69, 9.17) is 9.15 Å². The normalized spacial score (nSPS) is 16.0. The van der Waals surface area contributed by atoms with Gasteiger partial charge >= 0.3 is 11.8 Å². The quantitative estimate of drug-likeness (QED) is 0.324. The van der Waals surface area contributed by atoms with Gasteiger partial charge in [-0.25, -0.2) is 4.79 Å². The van der Waals surface area contributed by atoms with Gasteiger partial charge in [0.2, 0.25) is 0 Å². The van der Waals surface area contributed by atoms with Crippen LogP contribution in [0.25, 0.3) is 16.7 Å². The van der Waals surface area contributed by atoms with Crippen LogP contribution in [-0.4, -0.2) is 16.8 Å². The number of benzene rings is 2. The minimum absolute atomic E-state index is 0.0865. The van der Waals surface area contributed by atoms with Crippen LogP contribution in [0.2, 0.25) is 0 Å². The van der Waals surface area contributed by atoms with Crippen LogP contribution in [0, 0.1) is 0 Å². The van der Waals surface area contributed by atoms with E-state index in [-0.39, 0.29) is 15.9 Å². The lowest BCUT2D eigenvalue weighted by Gasteiger charge is -2.35. The lowest BCUT2D eigenvalue weighted by Crippen LogP contribution is -2.31. The van der Waals surface area contributed by atoms with Crippen molar-refractivity contribution in [1.29, 1.82) is 0 Å². The first-order chi connectivity index (χ1) is 18.1. The van der Waals surface area contributed by atoms with E-state index < -0.39 is 34.1 Å². The van der Waals surface area contributed by atoms with Gasteiger partial charge in [0.25, 0.3) is 5.56 Å². The Bertz CT molecular complexity index is 1700. The zero-order valence-electron chi connectivity index (χ0n) is 20.2. The number of fused-ring (bicyclic) bond motifs is 6. The average molecular weight is 542 g/mol. The molecule has 1 N–H and O–H groups in total. The second-order valence-electron chi connectivity index (χ2n) is 9.63. The summed E-state index contributed by atoms with van der Waals surface area (Å²) in [5.74, 6) is 0.0948. The summed E-state index contributed by atoms with van der Waals surface area (Å²) in [6.07, 6.45) is -0.894. The molecular weight excluding hydrogens is 519 g/mol. The highest BCUT2D eigenvalue weighted by molar-refractivity contribution is 7.99. The minimum Gasteiger partial charge on any atom is -0.505 e. The highest BCUT2D eigenvalue weighted by atomic mass is 32.2. The molecule has 1 fully saturated rings. The van der Waals surface area contributed by atoms with Crippen molar-refractivity contribution in [2.75, 3.05) is 7.11 Å². The Kier molecular flexibility index (Phi) is 5.64. The Morgan fingerprint density at radius 3 is 2.39 bits per heavy atom. The molecule has 2 aliphatic rings. The molecule has 196 valence electrons. The predicted molar refractivity (Wildman–Crippen MR) is 136 cm³/mol. The van der Waals surface area contributed by atoms with Crippen molar-refractivity contribution in [2.24, 2.45) is 0 Å². The molecule has 6 nitrogen and oxygen atoms in total. The van der Waals surface area contributed by atoms with E-state index in [0.717, 1.165) is 43.2 Å². The lowest BCUT2D eigenvalue weighted by atomic mass is 9.68. The first-order valence-electron chi connectivity index (χ1n) is 12.1. The SMILES string of the molecule is COc1ccc(Sc2c(O)c3c(=O)n4c(cc3oc2=O)C2(CCCCC2)c2cc(C(F)(F)F)ccc2-4)cc1. The van der Waals surface area contributed by atoms with E-state index in [0.29, 0.717) is 40.4 Å². The monoisotopic (exact) mass is 541 g/mol. The number of aromatic nitrogens is 1. The summed E-state index contributed by atoms with van der Waals surface area (Å²) in [5, 5.41) is 10.9. The molecule has 3 heterocycles. The van der Waals surface area contributed by atoms with Crippen LogP contribution < -0.4 is 15.9 Å². The molecular formula is C28H22F3NO5S. The number of methoxy groups -OCH3 is 1. The standard InChI is InChI=1S/C28H22F3NO5S/c1-36-16-6-8-17(9-7-16)38-24-23(33)22-20(37-26(24)35)14-21-27(11-3-2-4-12-27)18-13-15(28(29,30)31)5-10-19(18)32(21)25(22)34/h5-10,13-14,33H,2-4,11-12H2,1H3. The molecule has 0 bridgehead atoms. The Balaban J connectivity index is 1.58. The highest BCUT2D eigenvalue weighted by Crippen LogP contribution is 2.52. The first kappa shape index (κ1) is 24.7. The molecule has 1 aliphatic carbocycles. The van der Waals surface area contributed by atoms with E-state index in [1.54, 1.807) is 24.3 Å². The molecule has 38 heavy (non-hydrogen) atoms. The lowest BCUT2D eigenvalue weighted by molar-refractivity contribution is -0.137. The Labute approximate surface area is 218 Å². The second-order valence-corrected chi connectivity index (χ2v) is 10.7. The molecule has 1 saturated carbocycles. The Morgan fingerprint density at radius 2 is 1.74 bits per heavy atom. The molecule has 2 aromatic carbocycles. The van der Waals surface area contributed by atoms with Gasteiger partial charge < -0.3 is 14.3 Å². The fraction of sp³-hybridized carbons (Fsp3) is 0.286. The fourth-order valence-electron chi connectivity index (χ4n) is 5.79. The molecule has 0 radical (unpaired) electrons. The maximum atomic E-state index is 13.9. The summed E-state index contributed by atoms with van der Waals surface area (Å²) in [5.41, 5.74) is -1.84. The van der Waals surface area contributed by atoms with Gasteiger partial charge in [-0.3, -0.25) is 9.36 Å². The van der Waals surface area contributed by atoms with Crippen molar-refractivity contribution in [2.45, 2.75) is 53.5 Å². The van der Waals surface area contributed by atoms with Gasteiger partial charge in [-0.1, -0.05) is 31.0 Å². The van der Waals surface area contributed by atoms with Crippen LogP contribution in [0.4, 0.5) is 13.2 Å². The topological polar surface area (TPSA) is 81.7 Å². The fourth-order valence-corrected chi connectivity index (χ4v) is 6.63. The highest BCUT2D eigenvalue weighted by Gasteiger charge is 2.47. The van der Waals surface area contributed by atoms with Crippen molar-refractivity contribution >= 4 is 22.7 Å². The molecule has 2 aromatic heterocycles. The number of rotatable bonds is 3. The minimum atomic E-state index is -4.53. The molecule has 4 aromatic rings. The van der Waals surface area contributed by atoms with Gasteiger partial charge in [0.15, 0.2) is 5.75 Å². The predicted octanol–water partition coefficient (Wildman–Crippen LogP) is 6.39. The number of pyridine rings is 1. The van der Waals surface area contributed by atoms with Crippen molar-refractivity contribution in [3.05, 3.63) is 86.1 Å². The molecule has 6 rings (SSSR count). The summed E-state index contributed by atoms with van der Waals surface area (Å²) >= 11 is 0.944. The third-order valence-electron chi connectivity index (χ3n) is 7.57. The molecule has 10 heteroatoms. The van der Waals surface area contributed by atoms with Gasteiger partial charge in [-0.2, -0.15) is 13.2 Å². The largest absolute Gasteiger partial charge is 0.505 e. The number of hydrogen-bond donors (Lipinski definition) is 1. The van der Waals surface area contributed by atoms with Crippen LogP contribution >= 0.6 is 11.8 Å². The number of halogens is 3. The van der Waals surface area contributed by atoms with Crippen LogP contribution in [0.15, 0.2) is 72.3 Å². The van der Waals surface area contributed by atoms with Gasteiger partial charge in [-0.15, -0.1) is 0 Å². The van der Waals surface area contributed by atoms with Crippen molar-refractivity contribution in [3.63, 3.8) is 0 Å². The van der Waals surface area contributed by atoms with Crippen molar-refractivity contribution in [3.8, 4) is 17.2 Å². The summed E-state index contributed by atoms with van der Waals surface area (Å²) < 4.78 is 53.0. The number of nitrogens with zero attached hydrogens (tertiary/aromatic N) is 1.